The zero-order chi connectivity index (χ0) is 11.6. The summed E-state index contributed by atoms with van der Waals surface area (Å²) in [5.41, 5.74) is 2.62. The second-order valence-corrected chi connectivity index (χ2v) is 3.77. The predicted octanol–water partition coefficient (Wildman–Crippen LogP) is 1.75. The molecule has 3 heteroatoms. The van der Waals surface area contributed by atoms with E-state index in [0.29, 0.717) is 13.2 Å². The molecule has 0 atom stereocenters. The van der Waals surface area contributed by atoms with E-state index < -0.39 is 0 Å². The maximum atomic E-state index is 5.35. The van der Waals surface area contributed by atoms with Crippen LogP contribution in [0.2, 0.25) is 0 Å². The van der Waals surface area contributed by atoms with Gasteiger partial charge in [0.25, 0.3) is 0 Å². The SMILES string of the molecule is COCCOCCNCc1cccc(C)c1. The molecule has 90 valence electrons. The monoisotopic (exact) mass is 223 g/mol. The van der Waals surface area contributed by atoms with Crippen LogP contribution in [0.15, 0.2) is 24.3 Å². The highest BCUT2D eigenvalue weighted by molar-refractivity contribution is 5.21. The van der Waals surface area contributed by atoms with Gasteiger partial charge in [0.15, 0.2) is 0 Å². The van der Waals surface area contributed by atoms with Crippen LogP contribution >= 0.6 is 0 Å². The van der Waals surface area contributed by atoms with Gasteiger partial charge in [-0.25, -0.2) is 0 Å². The smallest absolute Gasteiger partial charge is 0.0700 e. The lowest BCUT2D eigenvalue weighted by Gasteiger charge is -2.06. The second-order valence-electron chi connectivity index (χ2n) is 3.77. The summed E-state index contributed by atoms with van der Waals surface area (Å²) in [6.07, 6.45) is 0. The van der Waals surface area contributed by atoms with Crippen LogP contribution in [0, 0.1) is 6.92 Å². The lowest BCUT2D eigenvalue weighted by molar-refractivity contribution is 0.0719. The highest BCUT2D eigenvalue weighted by Crippen LogP contribution is 2.02. The number of hydrogen-bond donors (Lipinski definition) is 1. The summed E-state index contributed by atoms with van der Waals surface area (Å²) in [5.74, 6) is 0. The number of rotatable bonds is 8. The maximum absolute atomic E-state index is 5.35. The fourth-order valence-corrected chi connectivity index (χ4v) is 1.44. The minimum Gasteiger partial charge on any atom is -0.382 e. The number of ether oxygens (including phenoxy) is 2. The van der Waals surface area contributed by atoms with Crippen molar-refractivity contribution in [2.45, 2.75) is 13.5 Å². The Hall–Kier alpha value is -0.900. The molecule has 1 aromatic rings. The molecule has 0 fully saturated rings. The fraction of sp³-hybridized carbons (Fsp3) is 0.538. The number of aryl methyl sites for hydroxylation is 1. The molecular weight excluding hydrogens is 202 g/mol. The molecule has 1 aromatic carbocycles. The van der Waals surface area contributed by atoms with E-state index >= 15 is 0 Å². The standard InChI is InChI=1S/C13H21NO2/c1-12-4-3-5-13(10-12)11-14-6-7-16-9-8-15-2/h3-5,10,14H,6-9,11H2,1-2H3. The van der Waals surface area contributed by atoms with Crippen LogP contribution in [0.1, 0.15) is 11.1 Å². The molecule has 0 amide bonds. The van der Waals surface area contributed by atoms with Crippen LogP contribution < -0.4 is 5.32 Å². The first-order valence-corrected chi connectivity index (χ1v) is 5.66. The Morgan fingerprint density at radius 2 is 2.06 bits per heavy atom. The van der Waals surface area contributed by atoms with Crippen molar-refractivity contribution in [3.63, 3.8) is 0 Å². The van der Waals surface area contributed by atoms with Gasteiger partial charge >= 0.3 is 0 Å². The van der Waals surface area contributed by atoms with Crippen LogP contribution in [-0.4, -0.2) is 33.5 Å². The van der Waals surface area contributed by atoms with Gasteiger partial charge in [-0.05, 0) is 12.5 Å². The summed E-state index contributed by atoms with van der Waals surface area (Å²) in [7, 11) is 1.68. The highest BCUT2D eigenvalue weighted by atomic mass is 16.5. The van der Waals surface area contributed by atoms with E-state index in [1.54, 1.807) is 7.11 Å². The molecule has 0 heterocycles. The Morgan fingerprint density at radius 3 is 2.81 bits per heavy atom. The number of hydrogen-bond acceptors (Lipinski definition) is 3. The van der Waals surface area contributed by atoms with E-state index in [2.05, 4.69) is 36.5 Å². The number of benzene rings is 1. The molecule has 0 bridgehead atoms. The van der Waals surface area contributed by atoms with E-state index in [4.69, 9.17) is 9.47 Å². The molecule has 1 N–H and O–H groups in total. The summed E-state index contributed by atoms with van der Waals surface area (Å²) in [5, 5.41) is 3.34. The zero-order valence-corrected chi connectivity index (χ0v) is 10.2. The van der Waals surface area contributed by atoms with Crippen molar-refractivity contribution in [3.8, 4) is 0 Å². The highest BCUT2D eigenvalue weighted by Gasteiger charge is 1.93. The van der Waals surface area contributed by atoms with E-state index in [-0.39, 0.29) is 0 Å². The van der Waals surface area contributed by atoms with Crippen LogP contribution in [0.4, 0.5) is 0 Å². The Labute approximate surface area is 97.8 Å². The van der Waals surface area contributed by atoms with Crippen molar-refractivity contribution in [3.05, 3.63) is 35.4 Å². The topological polar surface area (TPSA) is 30.5 Å². The van der Waals surface area contributed by atoms with Crippen molar-refractivity contribution in [1.29, 1.82) is 0 Å². The van der Waals surface area contributed by atoms with Crippen molar-refractivity contribution < 1.29 is 9.47 Å². The molecule has 0 saturated heterocycles. The van der Waals surface area contributed by atoms with E-state index in [1.807, 2.05) is 0 Å². The third kappa shape index (κ3) is 5.85. The summed E-state index contributed by atoms with van der Waals surface area (Å²) in [4.78, 5) is 0. The maximum Gasteiger partial charge on any atom is 0.0700 e. The summed E-state index contributed by atoms with van der Waals surface area (Å²) < 4.78 is 10.2. The van der Waals surface area contributed by atoms with Crippen molar-refractivity contribution in [2.75, 3.05) is 33.5 Å². The molecule has 0 radical (unpaired) electrons. The molecule has 0 saturated carbocycles. The third-order valence-electron chi connectivity index (χ3n) is 2.27. The number of nitrogens with one attached hydrogen (secondary N) is 1. The Morgan fingerprint density at radius 1 is 1.19 bits per heavy atom. The first-order chi connectivity index (χ1) is 7.83. The molecule has 0 aliphatic heterocycles. The van der Waals surface area contributed by atoms with Crippen LogP contribution in [-0.2, 0) is 16.0 Å². The van der Waals surface area contributed by atoms with Crippen LogP contribution in [0.3, 0.4) is 0 Å². The average Bonchev–Trinajstić information content (AvgIpc) is 2.28. The minimum atomic E-state index is 0.665. The van der Waals surface area contributed by atoms with Gasteiger partial charge in [0, 0.05) is 20.2 Å². The molecule has 0 aliphatic carbocycles. The molecule has 0 spiro atoms. The van der Waals surface area contributed by atoms with Crippen molar-refractivity contribution in [1.82, 2.24) is 5.32 Å². The first kappa shape index (κ1) is 13.2. The predicted molar refractivity (Wildman–Crippen MR) is 65.6 cm³/mol. The van der Waals surface area contributed by atoms with Gasteiger partial charge in [-0.15, -0.1) is 0 Å². The molecule has 1 rings (SSSR count). The molecule has 0 aromatic heterocycles. The van der Waals surface area contributed by atoms with Crippen molar-refractivity contribution >= 4 is 0 Å². The van der Waals surface area contributed by atoms with E-state index in [0.717, 1.165) is 19.7 Å². The van der Waals surface area contributed by atoms with Gasteiger partial charge in [0.2, 0.25) is 0 Å². The fourth-order valence-electron chi connectivity index (χ4n) is 1.44. The third-order valence-corrected chi connectivity index (χ3v) is 2.27. The van der Waals surface area contributed by atoms with E-state index in [1.165, 1.54) is 11.1 Å². The van der Waals surface area contributed by atoms with Gasteiger partial charge in [0.05, 0.1) is 19.8 Å². The number of methoxy groups -OCH3 is 1. The van der Waals surface area contributed by atoms with Gasteiger partial charge in [-0.1, -0.05) is 29.8 Å². The van der Waals surface area contributed by atoms with Crippen molar-refractivity contribution in [2.24, 2.45) is 0 Å². The van der Waals surface area contributed by atoms with Crippen LogP contribution in [0.5, 0.6) is 0 Å². The summed E-state index contributed by atoms with van der Waals surface area (Å²) in [6, 6.07) is 8.52. The van der Waals surface area contributed by atoms with Crippen LogP contribution in [0.25, 0.3) is 0 Å². The summed E-state index contributed by atoms with van der Waals surface area (Å²) in [6.45, 7) is 5.94. The second kappa shape index (κ2) is 8.28. The average molecular weight is 223 g/mol. The first-order valence-electron chi connectivity index (χ1n) is 5.66. The molecular formula is C13H21NO2. The lowest BCUT2D eigenvalue weighted by Crippen LogP contribution is -2.20. The lowest BCUT2D eigenvalue weighted by atomic mass is 10.1. The van der Waals surface area contributed by atoms with Gasteiger partial charge in [0.1, 0.15) is 0 Å². The zero-order valence-electron chi connectivity index (χ0n) is 10.2. The van der Waals surface area contributed by atoms with E-state index in [9.17, 15) is 0 Å². The molecule has 16 heavy (non-hydrogen) atoms. The Bertz CT molecular complexity index is 289. The Balaban J connectivity index is 2.03. The van der Waals surface area contributed by atoms with Gasteiger partial charge in [-0.3, -0.25) is 0 Å². The normalized spacial score (nSPS) is 10.6. The largest absolute Gasteiger partial charge is 0.382 e. The molecule has 0 aliphatic rings. The van der Waals surface area contributed by atoms with Gasteiger partial charge < -0.3 is 14.8 Å². The van der Waals surface area contributed by atoms with Gasteiger partial charge in [-0.2, -0.15) is 0 Å². The Kier molecular flexibility index (Phi) is 6.81. The molecule has 0 unspecified atom stereocenters. The summed E-state index contributed by atoms with van der Waals surface area (Å²) >= 11 is 0. The minimum absolute atomic E-state index is 0.665. The molecule has 3 nitrogen and oxygen atoms in total. The quantitative estimate of drug-likeness (QED) is 0.681.